The smallest absolute Gasteiger partial charge is 0.435 e. The molecule has 0 spiro atoms. The second-order valence-corrected chi connectivity index (χ2v) is 13.3. The van der Waals surface area contributed by atoms with Crippen molar-refractivity contribution in [3.05, 3.63) is 71.1 Å². The molecule has 3 aromatic rings. The Kier molecular flexibility index (Phi) is 11.7. The van der Waals surface area contributed by atoms with E-state index >= 15 is 0 Å². The summed E-state index contributed by atoms with van der Waals surface area (Å²) in [6.45, 7) is 6.53. The first-order valence-corrected chi connectivity index (χ1v) is 16.8. The van der Waals surface area contributed by atoms with Crippen LogP contribution in [0.1, 0.15) is 51.3 Å². The number of carbonyl (C=O) groups is 3. The van der Waals surface area contributed by atoms with Crippen LogP contribution in [0.2, 0.25) is 0 Å². The first-order valence-electron chi connectivity index (χ1n) is 15.3. The zero-order chi connectivity index (χ0) is 36.8. The number of benzene rings is 2. The summed E-state index contributed by atoms with van der Waals surface area (Å²) in [7, 11) is -4.41. The van der Waals surface area contributed by atoms with Gasteiger partial charge in [0.1, 0.15) is 12.6 Å². The Morgan fingerprint density at radius 3 is 2.32 bits per heavy atom. The molecule has 270 valence electrons. The monoisotopic (exact) mass is 724 g/mol. The number of aryl methyl sites for hydroxylation is 1. The number of sulfonamides is 1. The van der Waals surface area contributed by atoms with Gasteiger partial charge in [0.25, 0.3) is 16.3 Å². The number of carbonyl (C=O) groups excluding carboxylic acids is 3. The van der Waals surface area contributed by atoms with Crippen LogP contribution in [0, 0.1) is 18.0 Å². The number of esters is 2. The predicted molar refractivity (Wildman–Crippen MR) is 167 cm³/mol. The fourth-order valence-electron chi connectivity index (χ4n) is 4.45. The van der Waals surface area contributed by atoms with E-state index < -0.39 is 70.8 Å². The zero-order valence-electron chi connectivity index (χ0n) is 27.4. The molecule has 1 saturated heterocycles. The van der Waals surface area contributed by atoms with E-state index in [2.05, 4.69) is 10.4 Å². The normalized spacial score (nSPS) is 15.6. The maximum absolute atomic E-state index is 13.5. The van der Waals surface area contributed by atoms with Gasteiger partial charge in [0, 0.05) is 18.9 Å². The third-order valence-electron chi connectivity index (χ3n) is 7.33. The SMILES string of the molecule is Cc1ccc(-c2cc(C(F)(F)F)nn2-c2ccc(S(=O)(=O)NC(=O)CCC(=O)OC[C@@H]3CCN3[N+]([O-])=NOC(C)OC(=O)C(C)C)cc2)cc1. The Morgan fingerprint density at radius 2 is 1.74 bits per heavy atom. The van der Waals surface area contributed by atoms with Gasteiger partial charge in [0.2, 0.25) is 11.2 Å². The molecule has 1 N–H and O–H groups in total. The highest BCUT2D eigenvalue weighted by Gasteiger charge is 2.37. The molecule has 2 heterocycles. The average Bonchev–Trinajstić information content (AvgIpc) is 3.49. The summed E-state index contributed by atoms with van der Waals surface area (Å²) in [6.07, 6.45) is -6.36. The van der Waals surface area contributed by atoms with E-state index in [1.54, 1.807) is 38.1 Å². The van der Waals surface area contributed by atoms with Gasteiger partial charge in [0.05, 0.1) is 40.1 Å². The van der Waals surface area contributed by atoms with E-state index in [-0.39, 0.29) is 34.4 Å². The summed E-state index contributed by atoms with van der Waals surface area (Å²) in [5.41, 5.74) is 0.485. The highest BCUT2D eigenvalue weighted by atomic mass is 32.2. The fraction of sp³-hybridized carbons (Fsp3) is 0.419. The zero-order valence-corrected chi connectivity index (χ0v) is 28.2. The maximum atomic E-state index is 13.5. The predicted octanol–water partition coefficient (Wildman–Crippen LogP) is 4.42. The Morgan fingerprint density at radius 1 is 1.08 bits per heavy atom. The molecule has 1 aromatic heterocycles. The van der Waals surface area contributed by atoms with Crippen LogP contribution < -0.4 is 4.72 Å². The summed E-state index contributed by atoms with van der Waals surface area (Å²) in [5.74, 6) is -2.76. The molecule has 1 unspecified atom stereocenters. The van der Waals surface area contributed by atoms with Gasteiger partial charge < -0.3 is 14.7 Å². The number of hydrogen-bond donors (Lipinski definition) is 1. The third kappa shape index (κ3) is 9.70. The number of rotatable bonds is 14. The molecule has 2 aromatic carbocycles. The van der Waals surface area contributed by atoms with E-state index in [0.717, 1.165) is 28.4 Å². The molecule has 0 radical (unpaired) electrons. The molecular formula is C31H35F3N6O9S. The quantitative estimate of drug-likeness (QED) is 0.0816. The van der Waals surface area contributed by atoms with Gasteiger partial charge in [-0.3, -0.25) is 19.2 Å². The van der Waals surface area contributed by atoms with Crippen LogP contribution in [-0.2, 0) is 44.9 Å². The van der Waals surface area contributed by atoms with Crippen molar-refractivity contribution in [1.29, 1.82) is 0 Å². The van der Waals surface area contributed by atoms with E-state index in [4.69, 9.17) is 14.3 Å². The van der Waals surface area contributed by atoms with E-state index in [1.165, 1.54) is 24.1 Å². The summed E-state index contributed by atoms with van der Waals surface area (Å²) >= 11 is 0. The van der Waals surface area contributed by atoms with Gasteiger partial charge in [-0.15, -0.1) is 5.01 Å². The van der Waals surface area contributed by atoms with Crippen molar-refractivity contribution in [1.82, 2.24) is 19.5 Å². The molecular weight excluding hydrogens is 689 g/mol. The molecule has 0 bridgehead atoms. The van der Waals surface area contributed by atoms with Crippen molar-refractivity contribution in [2.75, 3.05) is 13.2 Å². The van der Waals surface area contributed by atoms with Crippen LogP contribution in [0.5, 0.6) is 0 Å². The number of alkyl halides is 3. The van der Waals surface area contributed by atoms with E-state index in [0.29, 0.717) is 12.0 Å². The lowest BCUT2D eigenvalue weighted by Crippen LogP contribution is -2.53. The average molecular weight is 725 g/mol. The minimum atomic E-state index is -4.72. The summed E-state index contributed by atoms with van der Waals surface area (Å²) in [4.78, 5) is 40.9. The molecule has 19 heteroatoms. The summed E-state index contributed by atoms with van der Waals surface area (Å²) < 4.78 is 79.1. The Hall–Kier alpha value is -5.20. The topological polar surface area (TPSA) is 185 Å². The van der Waals surface area contributed by atoms with Crippen molar-refractivity contribution in [2.45, 2.75) is 70.4 Å². The van der Waals surface area contributed by atoms with Crippen molar-refractivity contribution < 1.29 is 55.3 Å². The van der Waals surface area contributed by atoms with Crippen molar-refractivity contribution >= 4 is 27.9 Å². The highest BCUT2D eigenvalue weighted by molar-refractivity contribution is 7.90. The van der Waals surface area contributed by atoms with Crippen LogP contribution in [0.3, 0.4) is 0 Å². The van der Waals surface area contributed by atoms with Crippen LogP contribution in [-0.4, -0.2) is 71.5 Å². The molecule has 0 aliphatic carbocycles. The molecule has 1 amide bonds. The van der Waals surface area contributed by atoms with Crippen molar-refractivity contribution in [3.8, 4) is 16.9 Å². The number of nitrogens with zero attached hydrogens (tertiary/aromatic N) is 5. The van der Waals surface area contributed by atoms with Gasteiger partial charge in [-0.1, -0.05) is 43.7 Å². The third-order valence-corrected chi connectivity index (χ3v) is 8.72. The second-order valence-electron chi connectivity index (χ2n) is 11.6. The standard InChI is InChI=1S/C31H35F3N6O9S/c1-19(2)30(43)48-21(4)49-37-40(44)38-16-15-24(38)18-47-29(42)14-13-28(41)36-50(45,46)25-11-9-23(10-12-25)39-26(17-27(35-39)31(32,33)34)22-7-5-20(3)6-8-22/h5-12,17,19,21,24H,13-16,18H2,1-4H3,(H,36,41)/t21?,24-/m0/s1. The van der Waals surface area contributed by atoms with Crippen molar-refractivity contribution in [3.63, 3.8) is 0 Å². The van der Waals surface area contributed by atoms with Crippen LogP contribution in [0.15, 0.2) is 64.8 Å². The molecule has 15 nitrogen and oxygen atoms in total. The lowest BCUT2D eigenvalue weighted by atomic mass is 10.1. The minimum absolute atomic E-state index is 0.128. The molecule has 1 fully saturated rings. The van der Waals surface area contributed by atoms with Crippen LogP contribution in [0.25, 0.3) is 16.9 Å². The Bertz CT molecular complexity index is 1830. The lowest BCUT2D eigenvalue weighted by Gasteiger charge is -2.34. The summed E-state index contributed by atoms with van der Waals surface area (Å²) in [6, 6.07) is 11.8. The number of aromatic nitrogens is 2. The number of ether oxygens (including phenoxy) is 2. The number of hydrazine groups is 1. The maximum Gasteiger partial charge on any atom is 0.435 e. The second kappa shape index (κ2) is 15.6. The van der Waals surface area contributed by atoms with Crippen LogP contribution in [0.4, 0.5) is 13.2 Å². The number of halogens is 3. The van der Waals surface area contributed by atoms with Crippen molar-refractivity contribution in [2.24, 2.45) is 11.2 Å². The fourth-order valence-corrected chi connectivity index (χ4v) is 5.46. The lowest BCUT2D eigenvalue weighted by molar-refractivity contribution is -0.734. The van der Waals surface area contributed by atoms with E-state index in [1.807, 2.05) is 11.6 Å². The molecule has 1 aliphatic heterocycles. The number of hydrogen-bond acceptors (Lipinski definition) is 11. The van der Waals surface area contributed by atoms with Gasteiger partial charge in [-0.2, -0.15) is 18.3 Å². The Balaban J connectivity index is 1.28. The van der Waals surface area contributed by atoms with E-state index in [9.17, 15) is 41.2 Å². The van der Waals surface area contributed by atoms with Gasteiger partial charge >= 0.3 is 18.1 Å². The van der Waals surface area contributed by atoms with Gasteiger partial charge in [-0.25, -0.2) is 17.8 Å². The number of amides is 1. The summed E-state index contributed by atoms with van der Waals surface area (Å²) in [5, 5.41) is 20.4. The first kappa shape index (κ1) is 37.6. The molecule has 4 rings (SSSR count). The van der Waals surface area contributed by atoms with Crippen LogP contribution >= 0.6 is 0 Å². The largest absolute Gasteiger partial charge is 0.569 e. The van der Waals surface area contributed by atoms with Gasteiger partial charge in [-0.05, 0) is 43.7 Å². The molecule has 1 aliphatic rings. The minimum Gasteiger partial charge on any atom is -0.569 e. The molecule has 2 atom stereocenters. The van der Waals surface area contributed by atoms with Gasteiger partial charge in [0.15, 0.2) is 5.69 Å². The number of nitrogens with one attached hydrogen (secondary N) is 1. The molecule has 0 saturated carbocycles. The first-order chi connectivity index (χ1) is 23.4. The highest BCUT2D eigenvalue weighted by Crippen LogP contribution is 2.33. The molecule has 50 heavy (non-hydrogen) atoms. The Labute approximate surface area is 285 Å².